The second-order valence-corrected chi connectivity index (χ2v) is 6.91. The minimum absolute atomic E-state index is 0.0743. The second kappa shape index (κ2) is 6.08. The van der Waals surface area contributed by atoms with Crippen LogP contribution in [0.2, 0.25) is 6.55 Å². The van der Waals surface area contributed by atoms with Crippen molar-refractivity contribution in [1.29, 1.82) is 0 Å². The van der Waals surface area contributed by atoms with Crippen molar-refractivity contribution < 1.29 is 14.0 Å². The van der Waals surface area contributed by atoms with Crippen LogP contribution in [0.4, 0.5) is 0 Å². The molecule has 2 atom stereocenters. The monoisotopic (exact) mass is 230 g/mol. The smallest absolute Gasteiger partial charge is 0.330 e. The zero-order valence-corrected chi connectivity index (χ0v) is 11.5. The van der Waals surface area contributed by atoms with Crippen LogP contribution in [-0.2, 0) is 14.0 Å². The molecule has 0 aliphatic heterocycles. The van der Waals surface area contributed by atoms with E-state index in [0.29, 0.717) is 0 Å². The fourth-order valence-electron chi connectivity index (χ4n) is 1.34. The summed E-state index contributed by atoms with van der Waals surface area (Å²) in [6, 6.07) is 0. The zero-order valence-electron chi connectivity index (χ0n) is 10.4. The van der Waals surface area contributed by atoms with E-state index in [1.165, 1.54) is 6.08 Å². The van der Waals surface area contributed by atoms with Crippen molar-refractivity contribution >= 4 is 15.0 Å². The molecule has 0 fully saturated rings. The average Bonchev–Trinajstić information content (AvgIpc) is 2.10. The molecule has 0 spiro atoms. The molecule has 0 aromatic heterocycles. The highest BCUT2D eigenvalue weighted by molar-refractivity contribution is 6.52. The molecule has 0 radical (unpaired) electrons. The quantitative estimate of drug-likeness (QED) is 0.413. The van der Waals surface area contributed by atoms with E-state index >= 15 is 0 Å². The molecule has 88 valence electrons. The third-order valence-electron chi connectivity index (χ3n) is 1.90. The molecule has 0 aliphatic rings. The highest BCUT2D eigenvalue weighted by Crippen LogP contribution is 2.14. The van der Waals surface area contributed by atoms with Crippen LogP contribution in [-0.4, -0.2) is 26.3 Å². The van der Waals surface area contributed by atoms with Crippen LogP contribution >= 0.6 is 0 Å². The van der Waals surface area contributed by atoms with Gasteiger partial charge >= 0.3 is 5.97 Å². The average molecular weight is 230 g/mol. The Morgan fingerprint density at radius 2 is 2.07 bits per heavy atom. The normalized spacial score (nSPS) is 15.5. The van der Waals surface area contributed by atoms with Gasteiger partial charge in [-0.25, -0.2) is 4.79 Å². The van der Waals surface area contributed by atoms with Gasteiger partial charge in [0.1, 0.15) is 5.73 Å². The van der Waals surface area contributed by atoms with Gasteiger partial charge in [0, 0.05) is 11.7 Å². The predicted octanol–water partition coefficient (Wildman–Crippen LogP) is 2.20. The van der Waals surface area contributed by atoms with Crippen LogP contribution in [0, 0.1) is 0 Å². The molecular formula is C11H22O3Si. The summed E-state index contributed by atoms with van der Waals surface area (Å²) in [5.74, 6) is -0.362. The highest BCUT2D eigenvalue weighted by atomic mass is 28.3. The topological polar surface area (TPSA) is 35.5 Å². The first-order valence-corrected chi connectivity index (χ1v) is 7.60. The van der Waals surface area contributed by atoms with Crippen LogP contribution in [0.5, 0.6) is 0 Å². The van der Waals surface area contributed by atoms with Gasteiger partial charge in [-0.2, -0.15) is 0 Å². The molecule has 0 bridgehead atoms. The lowest BCUT2D eigenvalue weighted by atomic mass is 10.2. The number of esters is 1. The molecule has 0 rings (SSSR count). The van der Waals surface area contributed by atoms with Crippen LogP contribution < -0.4 is 0 Å². The minimum Gasteiger partial charge on any atom is -0.460 e. The standard InChI is InChI=1S/C11H22O3Si/c1-7-9(12)13-10(8-2)15(6)14-11(3,4)5/h7,10,15H,1,8H2,2-6H3. The Kier molecular flexibility index (Phi) is 5.83. The Morgan fingerprint density at radius 3 is 2.40 bits per heavy atom. The first kappa shape index (κ1) is 14.4. The summed E-state index contributed by atoms with van der Waals surface area (Å²) < 4.78 is 11.1. The number of rotatable bonds is 5. The number of hydrogen-bond donors (Lipinski definition) is 0. The summed E-state index contributed by atoms with van der Waals surface area (Å²) in [5.41, 5.74) is -0.241. The van der Waals surface area contributed by atoms with Crippen molar-refractivity contribution in [3.05, 3.63) is 12.7 Å². The predicted molar refractivity (Wildman–Crippen MR) is 64.2 cm³/mol. The van der Waals surface area contributed by atoms with Gasteiger partial charge in [0.2, 0.25) is 9.04 Å². The molecule has 15 heavy (non-hydrogen) atoms. The fraction of sp³-hybridized carbons (Fsp3) is 0.727. The van der Waals surface area contributed by atoms with Gasteiger partial charge in [0.25, 0.3) is 0 Å². The maximum Gasteiger partial charge on any atom is 0.330 e. The largest absolute Gasteiger partial charge is 0.460 e. The molecule has 0 N–H and O–H groups in total. The summed E-state index contributed by atoms with van der Waals surface area (Å²) in [7, 11) is -1.50. The molecule has 0 saturated carbocycles. The van der Waals surface area contributed by atoms with Gasteiger partial charge in [0.05, 0.1) is 0 Å². The van der Waals surface area contributed by atoms with Crippen molar-refractivity contribution in [3.63, 3.8) is 0 Å². The van der Waals surface area contributed by atoms with E-state index in [1.54, 1.807) is 0 Å². The van der Waals surface area contributed by atoms with E-state index in [2.05, 4.69) is 13.1 Å². The lowest BCUT2D eigenvalue weighted by Gasteiger charge is -2.29. The van der Waals surface area contributed by atoms with Crippen molar-refractivity contribution in [2.24, 2.45) is 0 Å². The number of carbonyl (C=O) groups excluding carboxylic acids is 1. The first-order valence-electron chi connectivity index (χ1n) is 5.31. The summed E-state index contributed by atoms with van der Waals surface area (Å²) >= 11 is 0. The Hall–Kier alpha value is -0.613. The summed E-state index contributed by atoms with van der Waals surface area (Å²) in [4.78, 5) is 11.1. The third kappa shape index (κ3) is 6.46. The third-order valence-corrected chi connectivity index (χ3v) is 4.63. The molecule has 0 saturated heterocycles. The van der Waals surface area contributed by atoms with Gasteiger partial charge in [-0.05, 0) is 33.7 Å². The molecule has 0 aliphatic carbocycles. The molecule has 0 heterocycles. The number of carbonyl (C=O) groups is 1. The van der Waals surface area contributed by atoms with Gasteiger partial charge in [0.15, 0.2) is 0 Å². The molecular weight excluding hydrogens is 208 g/mol. The summed E-state index contributed by atoms with van der Waals surface area (Å²) in [6.45, 7) is 13.5. The van der Waals surface area contributed by atoms with Crippen LogP contribution in [0.1, 0.15) is 34.1 Å². The maximum absolute atomic E-state index is 11.1. The SMILES string of the molecule is C=CC(=O)OC(CC)[SiH](C)OC(C)(C)C. The lowest BCUT2D eigenvalue weighted by Crippen LogP contribution is -2.40. The van der Waals surface area contributed by atoms with E-state index in [-0.39, 0.29) is 17.3 Å². The lowest BCUT2D eigenvalue weighted by molar-refractivity contribution is -0.140. The highest BCUT2D eigenvalue weighted by Gasteiger charge is 2.26. The Labute approximate surface area is 94.2 Å². The van der Waals surface area contributed by atoms with E-state index in [9.17, 15) is 4.79 Å². The van der Waals surface area contributed by atoms with Crippen LogP contribution in [0.25, 0.3) is 0 Å². The Balaban J connectivity index is 4.27. The van der Waals surface area contributed by atoms with Crippen molar-refractivity contribution in [1.82, 2.24) is 0 Å². The van der Waals surface area contributed by atoms with Crippen molar-refractivity contribution in [3.8, 4) is 0 Å². The van der Waals surface area contributed by atoms with Gasteiger partial charge < -0.3 is 9.16 Å². The molecule has 2 unspecified atom stereocenters. The van der Waals surface area contributed by atoms with E-state index in [4.69, 9.17) is 9.16 Å². The Bertz CT molecular complexity index is 220. The number of ether oxygens (including phenoxy) is 1. The zero-order chi connectivity index (χ0) is 12.1. The Morgan fingerprint density at radius 1 is 1.53 bits per heavy atom. The molecule has 4 heteroatoms. The fourth-order valence-corrected chi connectivity index (χ4v) is 3.60. The van der Waals surface area contributed by atoms with E-state index < -0.39 is 9.04 Å². The molecule has 0 aromatic rings. The maximum atomic E-state index is 11.1. The molecule has 0 aromatic carbocycles. The molecule has 3 nitrogen and oxygen atoms in total. The van der Waals surface area contributed by atoms with Gasteiger partial charge in [-0.3, -0.25) is 0 Å². The van der Waals surface area contributed by atoms with Crippen molar-refractivity contribution in [2.45, 2.75) is 52.0 Å². The minimum atomic E-state index is -1.50. The van der Waals surface area contributed by atoms with Gasteiger partial charge in [-0.15, -0.1) is 0 Å². The van der Waals surface area contributed by atoms with Crippen LogP contribution in [0.15, 0.2) is 12.7 Å². The van der Waals surface area contributed by atoms with Crippen LogP contribution in [0.3, 0.4) is 0 Å². The van der Waals surface area contributed by atoms with Crippen molar-refractivity contribution in [2.75, 3.05) is 0 Å². The summed E-state index contributed by atoms with van der Waals surface area (Å²) in [5, 5.41) is 0. The molecule has 0 amide bonds. The van der Waals surface area contributed by atoms with E-state index in [1.807, 2.05) is 27.7 Å². The van der Waals surface area contributed by atoms with E-state index in [0.717, 1.165) is 6.42 Å². The van der Waals surface area contributed by atoms with Gasteiger partial charge in [-0.1, -0.05) is 13.5 Å². The second-order valence-electron chi connectivity index (χ2n) is 4.52. The number of hydrogen-bond acceptors (Lipinski definition) is 3. The summed E-state index contributed by atoms with van der Waals surface area (Å²) in [6.07, 6.45) is 1.99. The first-order chi connectivity index (χ1) is 6.80.